The first-order valence-corrected chi connectivity index (χ1v) is 9.91. The summed E-state index contributed by atoms with van der Waals surface area (Å²) >= 11 is 0. The van der Waals surface area contributed by atoms with Crippen molar-refractivity contribution in [3.8, 4) is 0 Å². The van der Waals surface area contributed by atoms with E-state index in [1.807, 2.05) is 6.92 Å². The van der Waals surface area contributed by atoms with Crippen LogP contribution in [0.2, 0.25) is 0 Å². The molecule has 0 radical (unpaired) electrons. The molecule has 1 aliphatic carbocycles. The lowest BCUT2D eigenvalue weighted by atomic mass is 10.2. The predicted octanol–water partition coefficient (Wildman–Crippen LogP) is 2.53. The summed E-state index contributed by atoms with van der Waals surface area (Å²) in [6.45, 7) is 2.69. The van der Waals surface area contributed by atoms with Gasteiger partial charge in [0.05, 0.1) is 4.90 Å². The van der Waals surface area contributed by atoms with Gasteiger partial charge < -0.3 is 5.32 Å². The van der Waals surface area contributed by atoms with Gasteiger partial charge in [0.25, 0.3) is 10.0 Å². The molecule has 6 nitrogen and oxygen atoms in total. The Morgan fingerprint density at radius 2 is 2.04 bits per heavy atom. The SMILES string of the molecule is CC1CC1C(=O)Nc1cccc(S(=O)(=O)NC2=NCCCCC2)c1. The molecule has 0 spiro atoms. The number of nitrogens with one attached hydrogen (secondary N) is 2. The van der Waals surface area contributed by atoms with Crippen molar-refractivity contribution >= 4 is 27.5 Å². The summed E-state index contributed by atoms with van der Waals surface area (Å²) in [6, 6.07) is 6.35. The van der Waals surface area contributed by atoms with Crippen LogP contribution in [0.4, 0.5) is 5.69 Å². The zero-order valence-corrected chi connectivity index (χ0v) is 14.6. The Hall–Kier alpha value is -1.89. The molecule has 2 N–H and O–H groups in total. The Morgan fingerprint density at radius 3 is 2.79 bits per heavy atom. The summed E-state index contributed by atoms with van der Waals surface area (Å²) in [6.07, 6.45) is 4.54. The standard InChI is InChI=1S/C17H23N3O3S/c1-12-10-15(12)17(21)19-13-6-5-7-14(11-13)24(22,23)20-16-8-3-2-4-9-18-16/h5-7,11-12,15H,2-4,8-10H2,1H3,(H,18,20)(H,19,21). The highest BCUT2D eigenvalue weighted by atomic mass is 32.2. The van der Waals surface area contributed by atoms with Gasteiger partial charge in [-0.3, -0.25) is 14.5 Å². The lowest BCUT2D eigenvalue weighted by Gasteiger charge is -2.11. The summed E-state index contributed by atoms with van der Waals surface area (Å²) in [5.74, 6) is 0.933. The van der Waals surface area contributed by atoms with Crippen LogP contribution in [0.15, 0.2) is 34.2 Å². The molecule has 2 aliphatic rings. The fourth-order valence-electron chi connectivity index (χ4n) is 2.83. The second kappa shape index (κ2) is 6.93. The van der Waals surface area contributed by atoms with Crippen molar-refractivity contribution in [3.05, 3.63) is 24.3 Å². The number of amidine groups is 1. The molecule has 24 heavy (non-hydrogen) atoms. The third kappa shape index (κ3) is 4.14. The maximum atomic E-state index is 12.5. The molecule has 2 atom stereocenters. The minimum atomic E-state index is -3.68. The van der Waals surface area contributed by atoms with E-state index < -0.39 is 10.0 Å². The van der Waals surface area contributed by atoms with Crippen molar-refractivity contribution < 1.29 is 13.2 Å². The molecule has 1 aromatic carbocycles. The number of rotatable bonds is 4. The van der Waals surface area contributed by atoms with E-state index in [2.05, 4.69) is 15.0 Å². The normalized spacial score (nSPS) is 23.8. The molecule has 7 heteroatoms. The third-order valence-electron chi connectivity index (χ3n) is 4.48. The number of aliphatic imine (C=N–C) groups is 1. The molecule has 1 aromatic rings. The van der Waals surface area contributed by atoms with E-state index >= 15 is 0 Å². The van der Waals surface area contributed by atoms with Crippen LogP contribution in [0.5, 0.6) is 0 Å². The lowest BCUT2D eigenvalue weighted by Crippen LogP contribution is -2.30. The zero-order chi connectivity index (χ0) is 17.2. The van der Waals surface area contributed by atoms with Crippen LogP contribution < -0.4 is 10.0 Å². The molecule has 0 bridgehead atoms. The maximum absolute atomic E-state index is 12.5. The van der Waals surface area contributed by atoms with Gasteiger partial charge in [0.1, 0.15) is 5.84 Å². The molecule has 3 rings (SSSR count). The second-order valence-corrected chi connectivity index (χ2v) is 8.26. The molecule has 0 aromatic heterocycles. The topological polar surface area (TPSA) is 87.6 Å². The molecular formula is C17H23N3O3S. The monoisotopic (exact) mass is 349 g/mol. The van der Waals surface area contributed by atoms with E-state index in [0.717, 1.165) is 25.7 Å². The number of sulfonamides is 1. The zero-order valence-electron chi connectivity index (χ0n) is 13.8. The van der Waals surface area contributed by atoms with Crippen LogP contribution in [0, 0.1) is 11.8 Å². The van der Waals surface area contributed by atoms with Crippen LogP contribution in [-0.2, 0) is 14.8 Å². The first-order valence-electron chi connectivity index (χ1n) is 8.43. The Bertz CT molecular complexity index is 758. The van der Waals surface area contributed by atoms with Crippen molar-refractivity contribution in [2.24, 2.45) is 16.8 Å². The van der Waals surface area contributed by atoms with Gasteiger partial charge in [-0.15, -0.1) is 0 Å². The smallest absolute Gasteiger partial charge is 0.262 e. The summed E-state index contributed by atoms with van der Waals surface area (Å²) in [5.41, 5.74) is 0.504. The number of carbonyl (C=O) groups is 1. The van der Waals surface area contributed by atoms with E-state index in [1.165, 1.54) is 12.1 Å². The largest absolute Gasteiger partial charge is 0.326 e. The molecule has 2 unspecified atom stereocenters. The van der Waals surface area contributed by atoms with Crippen LogP contribution in [0.1, 0.15) is 39.0 Å². The number of benzene rings is 1. The van der Waals surface area contributed by atoms with E-state index in [4.69, 9.17) is 0 Å². The maximum Gasteiger partial charge on any atom is 0.262 e. The highest BCUT2D eigenvalue weighted by molar-refractivity contribution is 7.90. The first-order chi connectivity index (χ1) is 11.5. The molecular weight excluding hydrogens is 326 g/mol. The van der Waals surface area contributed by atoms with Crippen molar-refractivity contribution in [1.29, 1.82) is 0 Å². The summed E-state index contributed by atoms with van der Waals surface area (Å²) < 4.78 is 27.7. The molecule has 0 saturated heterocycles. The average Bonchev–Trinajstić information content (AvgIpc) is 3.31. The summed E-state index contributed by atoms with van der Waals surface area (Å²) in [5, 5.41) is 2.80. The Morgan fingerprint density at radius 1 is 1.25 bits per heavy atom. The van der Waals surface area contributed by atoms with Gasteiger partial charge in [-0.05, 0) is 43.4 Å². The fourth-order valence-corrected chi connectivity index (χ4v) is 3.97. The van der Waals surface area contributed by atoms with Crippen molar-refractivity contribution in [2.75, 3.05) is 11.9 Å². The van der Waals surface area contributed by atoms with Gasteiger partial charge >= 0.3 is 0 Å². The third-order valence-corrected chi connectivity index (χ3v) is 5.86. The number of hydrogen-bond donors (Lipinski definition) is 2. The van der Waals surface area contributed by atoms with Crippen LogP contribution in [0.3, 0.4) is 0 Å². The van der Waals surface area contributed by atoms with Crippen LogP contribution >= 0.6 is 0 Å². The van der Waals surface area contributed by atoms with E-state index in [-0.39, 0.29) is 16.7 Å². The predicted molar refractivity (Wildman–Crippen MR) is 93.4 cm³/mol. The number of hydrogen-bond acceptors (Lipinski definition) is 4. The number of nitrogens with zero attached hydrogens (tertiary/aromatic N) is 1. The molecule has 1 heterocycles. The summed E-state index contributed by atoms with van der Waals surface area (Å²) in [7, 11) is -3.68. The summed E-state index contributed by atoms with van der Waals surface area (Å²) in [4.78, 5) is 16.4. The Balaban J connectivity index is 1.72. The second-order valence-electron chi connectivity index (χ2n) is 6.58. The minimum Gasteiger partial charge on any atom is -0.326 e. The van der Waals surface area contributed by atoms with Crippen molar-refractivity contribution in [1.82, 2.24) is 4.72 Å². The van der Waals surface area contributed by atoms with E-state index in [0.29, 0.717) is 30.4 Å². The van der Waals surface area contributed by atoms with Gasteiger partial charge in [0, 0.05) is 24.6 Å². The number of carbonyl (C=O) groups excluding carboxylic acids is 1. The van der Waals surface area contributed by atoms with Gasteiger partial charge in [-0.2, -0.15) is 0 Å². The molecule has 1 saturated carbocycles. The molecule has 1 fully saturated rings. The molecule has 1 amide bonds. The highest BCUT2D eigenvalue weighted by Crippen LogP contribution is 2.38. The van der Waals surface area contributed by atoms with E-state index in [9.17, 15) is 13.2 Å². The van der Waals surface area contributed by atoms with Crippen LogP contribution in [0.25, 0.3) is 0 Å². The lowest BCUT2D eigenvalue weighted by molar-refractivity contribution is -0.117. The quantitative estimate of drug-likeness (QED) is 0.875. The van der Waals surface area contributed by atoms with E-state index in [1.54, 1.807) is 12.1 Å². The van der Waals surface area contributed by atoms with Crippen molar-refractivity contribution in [3.63, 3.8) is 0 Å². The first kappa shape index (κ1) is 17.0. The van der Waals surface area contributed by atoms with Gasteiger partial charge in [0.2, 0.25) is 5.91 Å². The molecule has 1 aliphatic heterocycles. The number of amides is 1. The number of anilines is 1. The Labute approximate surface area is 142 Å². The Kier molecular flexibility index (Phi) is 4.89. The minimum absolute atomic E-state index is 0.0434. The van der Waals surface area contributed by atoms with Gasteiger partial charge in [-0.25, -0.2) is 8.42 Å². The van der Waals surface area contributed by atoms with Crippen LogP contribution in [-0.4, -0.2) is 26.7 Å². The van der Waals surface area contributed by atoms with Crippen molar-refractivity contribution in [2.45, 2.75) is 43.9 Å². The van der Waals surface area contributed by atoms with Gasteiger partial charge in [-0.1, -0.05) is 19.4 Å². The molecule has 130 valence electrons. The average molecular weight is 349 g/mol. The fraction of sp³-hybridized carbons (Fsp3) is 0.529. The highest BCUT2D eigenvalue weighted by Gasteiger charge is 2.39. The van der Waals surface area contributed by atoms with Gasteiger partial charge in [0.15, 0.2) is 0 Å².